The second-order valence-corrected chi connectivity index (χ2v) is 5.92. The summed E-state index contributed by atoms with van der Waals surface area (Å²) in [4.78, 5) is 12.5. The molecule has 0 saturated heterocycles. The highest BCUT2D eigenvalue weighted by atomic mass is 32.2. The zero-order valence-corrected chi connectivity index (χ0v) is 13.6. The molecular formula is C16H20N2O2S. The zero-order valence-electron chi connectivity index (χ0n) is 12.8. The molecule has 1 N–H and O–H groups in total. The molecule has 1 aromatic carbocycles. The number of rotatable bonds is 4. The Kier molecular flexibility index (Phi) is 5.07. The predicted octanol–water partition coefficient (Wildman–Crippen LogP) is 3.33. The number of thioether (sulfide) groups is 1. The maximum absolute atomic E-state index is 11.3. The standard InChI is InChI=1S/C16H20N2O2S/c1-10(7-14-11(2)8-16(19)18-17-14)13-9-12(20-3)5-6-15(13)21-4/h5-7,9,11H,8H2,1-4H3,(H,18,19). The second kappa shape index (κ2) is 6.80. The van der Waals surface area contributed by atoms with Gasteiger partial charge in [0.25, 0.3) is 0 Å². The van der Waals surface area contributed by atoms with E-state index >= 15 is 0 Å². The molecule has 1 aliphatic rings. The van der Waals surface area contributed by atoms with Crippen molar-refractivity contribution in [2.24, 2.45) is 11.0 Å². The van der Waals surface area contributed by atoms with Crippen molar-refractivity contribution in [3.8, 4) is 5.75 Å². The third-order valence-electron chi connectivity index (χ3n) is 3.50. The summed E-state index contributed by atoms with van der Waals surface area (Å²) in [6, 6.07) is 6.05. The van der Waals surface area contributed by atoms with Gasteiger partial charge in [-0.25, -0.2) is 5.43 Å². The largest absolute Gasteiger partial charge is 0.497 e. The van der Waals surface area contributed by atoms with Gasteiger partial charge in [0.1, 0.15) is 5.75 Å². The summed E-state index contributed by atoms with van der Waals surface area (Å²) in [6.45, 7) is 4.07. The molecule has 0 aromatic heterocycles. The van der Waals surface area contributed by atoms with Crippen molar-refractivity contribution < 1.29 is 9.53 Å². The molecule has 112 valence electrons. The molecule has 1 aliphatic heterocycles. The van der Waals surface area contributed by atoms with E-state index in [-0.39, 0.29) is 11.8 Å². The van der Waals surface area contributed by atoms with E-state index in [1.54, 1.807) is 18.9 Å². The highest BCUT2D eigenvalue weighted by molar-refractivity contribution is 7.98. The normalized spacial score (nSPS) is 19.0. The number of carbonyl (C=O) groups excluding carboxylic acids is 1. The highest BCUT2D eigenvalue weighted by Crippen LogP contribution is 2.30. The number of carbonyl (C=O) groups is 1. The number of nitrogens with one attached hydrogen (secondary N) is 1. The van der Waals surface area contributed by atoms with Gasteiger partial charge in [-0.2, -0.15) is 5.10 Å². The highest BCUT2D eigenvalue weighted by Gasteiger charge is 2.19. The molecule has 0 radical (unpaired) electrons. The third-order valence-corrected chi connectivity index (χ3v) is 4.30. The number of benzene rings is 1. The molecule has 0 bridgehead atoms. The summed E-state index contributed by atoms with van der Waals surface area (Å²) in [5.74, 6) is 0.947. The minimum atomic E-state index is -0.0245. The Morgan fingerprint density at radius 3 is 2.90 bits per heavy atom. The van der Waals surface area contributed by atoms with Gasteiger partial charge in [-0.05, 0) is 48.6 Å². The third kappa shape index (κ3) is 3.67. The number of ether oxygens (including phenoxy) is 1. The topological polar surface area (TPSA) is 50.7 Å². The minimum absolute atomic E-state index is 0.0245. The van der Waals surface area contributed by atoms with Crippen LogP contribution in [0.1, 0.15) is 25.8 Å². The Balaban J connectivity index is 2.36. The van der Waals surface area contributed by atoms with Gasteiger partial charge < -0.3 is 4.74 Å². The van der Waals surface area contributed by atoms with E-state index in [9.17, 15) is 4.79 Å². The van der Waals surface area contributed by atoms with Crippen LogP contribution < -0.4 is 10.2 Å². The molecule has 0 aliphatic carbocycles. The van der Waals surface area contributed by atoms with Crippen LogP contribution >= 0.6 is 11.8 Å². The molecule has 0 fully saturated rings. The molecule has 1 heterocycles. The quantitative estimate of drug-likeness (QED) is 0.868. The number of hydrazone groups is 1. The number of methoxy groups -OCH3 is 1. The molecule has 1 atom stereocenters. The molecule has 4 nitrogen and oxygen atoms in total. The van der Waals surface area contributed by atoms with E-state index in [0.717, 1.165) is 22.6 Å². The van der Waals surface area contributed by atoms with Crippen molar-refractivity contribution in [3.63, 3.8) is 0 Å². The van der Waals surface area contributed by atoms with E-state index in [4.69, 9.17) is 4.74 Å². The first kappa shape index (κ1) is 15.6. The van der Waals surface area contributed by atoms with Gasteiger partial charge in [0.05, 0.1) is 12.8 Å². The number of allylic oxidation sites excluding steroid dienone is 2. The van der Waals surface area contributed by atoms with Crippen LogP contribution in [0.4, 0.5) is 0 Å². The van der Waals surface area contributed by atoms with Crippen LogP contribution in [0.15, 0.2) is 34.3 Å². The van der Waals surface area contributed by atoms with Crippen LogP contribution in [0.5, 0.6) is 5.75 Å². The summed E-state index contributed by atoms with van der Waals surface area (Å²) in [7, 11) is 1.67. The van der Waals surface area contributed by atoms with E-state index in [1.807, 2.05) is 25.1 Å². The lowest BCUT2D eigenvalue weighted by atomic mass is 9.96. The first-order valence-electron chi connectivity index (χ1n) is 6.82. The molecule has 21 heavy (non-hydrogen) atoms. The molecule has 0 saturated carbocycles. The Morgan fingerprint density at radius 1 is 1.52 bits per heavy atom. The van der Waals surface area contributed by atoms with Crippen molar-refractivity contribution in [1.82, 2.24) is 5.43 Å². The summed E-state index contributed by atoms with van der Waals surface area (Å²) in [6.07, 6.45) is 4.58. The number of hydrogen-bond donors (Lipinski definition) is 1. The van der Waals surface area contributed by atoms with Crippen LogP contribution in [-0.2, 0) is 4.79 Å². The maximum atomic E-state index is 11.3. The SMILES string of the molecule is COc1ccc(SC)c(C(C)=CC2=NNC(=O)CC2C)c1. The lowest BCUT2D eigenvalue weighted by molar-refractivity contribution is -0.121. The number of amides is 1. The fourth-order valence-corrected chi connectivity index (χ4v) is 2.91. The maximum Gasteiger partial charge on any atom is 0.240 e. The van der Waals surface area contributed by atoms with Gasteiger partial charge in [-0.15, -0.1) is 11.8 Å². The molecule has 1 unspecified atom stereocenters. The molecule has 2 rings (SSSR count). The van der Waals surface area contributed by atoms with Crippen LogP contribution in [0.2, 0.25) is 0 Å². The van der Waals surface area contributed by atoms with E-state index < -0.39 is 0 Å². The smallest absolute Gasteiger partial charge is 0.240 e. The van der Waals surface area contributed by atoms with Gasteiger partial charge in [0.2, 0.25) is 5.91 Å². The van der Waals surface area contributed by atoms with Crippen molar-refractivity contribution in [3.05, 3.63) is 29.8 Å². The first-order chi connectivity index (χ1) is 10.0. The fourth-order valence-electron chi connectivity index (χ4n) is 2.26. The molecule has 0 spiro atoms. The van der Waals surface area contributed by atoms with Crippen LogP contribution in [0, 0.1) is 5.92 Å². The van der Waals surface area contributed by atoms with Crippen molar-refractivity contribution in [2.45, 2.75) is 25.2 Å². The van der Waals surface area contributed by atoms with E-state index in [1.165, 1.54) is 4.90 Å². The first-order valence-corrected chi connectivity index (χ1v) is 8.04. The summed E-state index contributed by atoms with van der Waals surface area (Å²) < 4.78 is 5.31. The average molecular weight is 304 g/mol. The van der Waals surface area contributed by atoms with Gasteiger partial charge in [-0.1, -0.05) is 6.92 Å². The second-order valence-electron chi connectivity index (χ2n) is 5.07. The van der Waals surface area contributed by atoms with Gasteiger partial charge >= 0.3 is 0 Å². The summed E-state index contributed by atoms with van der Waals surface area (Å²) in [5, 5.41) is 4.16. The number of nitrogens with zero attached hydrogens (tertiary/aromatic N) is 1. The fraction of sp³-hybridized carbons (Fsp3) is 0.375. The van der Waals surface area contributed by atoms with E-state index in [0.29, 0.717) is 6.42 Å². The van der Waals surface area contributed by atoms with Crippen LogP contribution in [-0.4, -0.2) is 25.0 Å². The average Bonchev–Trinajstić information content (AvgIpc) is 2.49. The Hall–Kier alpha value is -1.75. The minimum Gasteiger partial charge on any atom is -0.497 e. The monoisotopic (exact) mass is 304 g/mol. The summed E-state index contributed by atoms with van der Waals surface area (Å²) in [5.41, 5.74) is 5.69. The zero-order chi connectivity index (χ0) is 15.4. The van der Waals surface area contributed by atoms with Crippen molar-refractivity contribution >= 4 is 29.0 Å². The van der Waals surface area contributed by atoms with Crippen molar-refractivity contribution in [1.29, 1.82) is 0 Å². The Bertz CT molecular complexity index is 608. The Morgan fingerprint density at radius 2 is 2.29 bits per heavy atom. The van der Waals surface area contributed by atoms with Gasteiger partial charge in [0, 0.05) is 17.2 Å². The molecule has 5 heteroatoms. The lowest BCUT2D eigenvalue weighted by Gasteiger charge is -2.17. The lowest BCUT2D eigenvalue weighted by Crippen LogP contribution is -2.30. The van der Waals surface area contributed by atoms with Crippen LogP contribution in [0.3, 0.4) is 0 Å². The molecule has 1 aromatic rings. The Labute approximate surface area is 129 Å². The molecular weight excluding hydrogens is 284 g/mol. The number of hydrogen-bond acceptors (Lipinski definition) is 4. The molecule has 1 amide bonds. The van der Waals surface area contributed by atoms with Gasteiger partial charge in [0.15, 0.2) is 0 Å². The predicted molar refractivity (Wildman–Crippen MR) is 87.8 cm³/mol. The van der Waals surface area contributed by atoms with Crippen molar-refractivity contribution in [2.75, 3.05) is 13.4 Å². The van der Waals surface area contributed by atoms with Gasteiger partial charge in [-0.3, -0.25) is 4.79 Å². The van der Waals surface area contributed by atoms with Crippen LogP contribution in [0.25, 0.3) is 5.57 Å². The summed E-state index contributed by atoms with van der Waals surface area (Å²) >= 11 is 1.70. The van der Waals surface area contributed by atoms with E-state index in [2.05, 4.69) is 29.8 Å².